The molecule has 2 aromatic carbocycles. The monoisotopic (exact) mass is 358 g/mol. The highest BCUT2D eigenvalue weighted by molar-refractivity contribution is 5.97. The molecule has 2 N–H and O–H groups in total. The Hall–Kier alpha value is -3.22. The maximum absolute atomic E-state index is 12.2. The summed E-state index contributed by atoms with van der Waals surface area (Å²) in [5.74, 6) is 1.00. The van der Waals surface area contributed by atoms with Gasteiger partial charge >= 0.3 is 0 Å². The molecule has 0 aliphatic carbocycles. The average molecular weight is 358 g/mol. The summed E-state index contributed by atoms with van der Waals surface area (Å²) in [6.07, 6.45) is 0. The van der Waals surface area contributed by atoms with Crippen LogP contribution >= 0.6 is 0 Å². The largest absolute Gasteiger partial charge is 0.497 e. The van der Waals surface area contributed by atoms with E-state index in [1.807, 2.05) is 0 Å². The molecule has 26 heavy (non-hydrogen) atoms. The number of para-hydroxylation sites is 1. The fraction of sp³-hybridized carbons (Fsp3) is 0.263. The molecule has 0 saturated heterocycles. The number of carbonyl (C=O) groups is 2. The Labute approximate surface area is 152 Å². The molecular weight excluding hydrogens is 336 g/mol. The molecule has 0 heterocycles. The van der Waals surface area contributed by atoms with Crippen molar-refractivity contribution in [3.63, 3.8) is 0 Å². The molecule has 7 nitrogen and oxygen atoms in total. The molecular formula is C19H22N2O5. The van der Waals surface area contributed by atoms with Crippen molar-refractivity contribution in [3.8, 4) is 17.2 Å². The van der Waals surface area contributed by atoms with Gasteiger partial charge in [-0.3, -0.25) is 9.59 Å². The van der Waals surface area contributed by atoms with Gasteiger partial charge in [-0.1, -0.05) is 12.1 Å². The highest BCUT2D eigenvalue weighted by Crippen LogP contribution is 2.22. The summed E-state index contributed by atoms with van der Waals surface area (Å²) in [6.45, 7) is 0.559. The first-order chi connectivity index (χ1) is 12.6. The highest BCUT2D eigenvalue weighted by atomic mass is 16.5. The standard InChI is InChI=1S/C19H22N2O5/c1-24-14-10-13(11-15(12-14)25-2)18(22)20-8-9-21-19(23)16-6-4-5-7-17(16)26-3/h4-7,10-12H,8-9H2,1-3H3,(H,20,22)(H,21,23). The molecule has 0 bridgehead atoms. The molecule has 0 aromatic heterocycles. The van der Waals surface area contributed by atoms with E-state index < -0.39 is 0 Å². The van der Waals surface area contributed by atoms with E-state index in [4.69, 9.17) is 14.2 Å². The van der Waals surface area contributed by atoms with Crippen molar-refractivity contribution in [3.05, 3.63) is 53.6 Å². The van der Waals surface area contributed by atoms with E-state index >= 15 is 0 Å². The van der Waals surface area contributed by atoms with Crippen LogP contribution in [0.5, 0.6) is 17.2 Å². The Morgan fingerprint density at radius 1 is 0.808 bits per heavy atom. The molecule has 2 amide bonds. The zero-order valence-electron chi connectivity index (χ0n) is 15.0. The number of nitrogens with one attached hydrogen (secondary N) is 2. The molecule has 0 radical (unpaired) electrons. The summed E-state index contributed by atoms with van der Waals surface area (Å²) in [5, 5.41) is 5.48. The minimum absolute atomic E-state index is 0.264. The number of ether oxygens (including phenoxy) is 3. The van der Waals surface area contributed by atoms with Crippen LogP contribution < -0.4 is 24.8 Å². The fourth-order valence-corrected chi connectivity index (χ4v) is 2.32. The zero-order chi connectivity index (χ0) is 18.9. The van der Waals surface area contributed by atoms with Gasteiger partial charge in [-0.25, -0.2) is 0 Å². The molecule has 0 aliphatic heterocycles. The summed E-state index contributed by atoms with van der Waals surface area (Å²) in [7, 11) is 4.54. The average Bonchev–Trinajstić information content (AvgIpc) is 2.70. The fourth-order valence-electron chi connectivity index (χ4n) is 2.32. The van der Waals surface area contributed by atoms with Gasteiger partial charge in [0.25, 0.3) is 11.8 Å². The van der Waals surface area contributed by atoms with Crippen LogP contribution in [0.15, 0.2) is 42.5 Å². The van der Waals surface area contributed by atoms with E-state index in [0.29, 0.717) is 28.4 Å². The van der Waals surface area contributed by atoms with E-state index in [1.54, 1.807) is 42.5 Å². The lowest BCUT2D eigenvalue weighted by atomic mass is 10.2. The summed E-state index contributed by atoms with van der Waals surface area (Å²) in [4.78, 5) is 24.4. The van der Waals surface area contributed by atoms with E-state index in [-0.39, 0.29) is 24.9 Å². The maximum Gasteiger partial charge on any atom is 0.255 e. The Morgan fingerprint density at radius 3 is 1.96 bits per heavy atom. The third-order valence-electron chi connectivity index (χ3n) is 3.66. The van der Waals surface area contributed by atoms with Crippen LogP contribution in [0.25, 0.3) is 0 Å². The van der Waals surface area contributed by atoms with Gasteiger partial charge in [0.2, 0.25) is 0 Å². The van der Waals surface area contributed by atoms with Gasteiger partial charge in [0, 0.05) is 24.7 Å². The molecule has 2 aromatic rings. The summed E-state index contributed by atoms with van der Waals surface area (Å²) in [6, 6.07) is 11.9. The predicted octanol–water partition coefficient (Wildman–Crippen LogP) is 1.87. The van der Waals surface area contributed by atoms with E-state index in [1.165, 1.54) is 21.3 Å². The van der Waals surface area contributed by atoms with Crippen molar-refractivity contribution in [1.29, 1.82) is 0 Å². The third-order valence-corrected chi connectivity index (χ3v) is 3.66. The second-order valence-corrected chi connectivity index (χ2v) is 5.31. The van der Waals surface area contributed by atoms with Gasteiger partial charge in [-0.15, -0.1) is 0 Å². The maximum atomic E-state index is 12.2. The Morgan fingerprint density at radius 2 is 1.38 bits per heavy atom. The molecule has 0 aliphatic rings. The van der Waals surface area contributed by atoms with Crippen LogP contribution in [-0.2, 0) is 0 Å². The minimum Gasteiger partial charge on any atom is -0.497 e. The molecule has 0 atom stereocenters. The number of methoxy groups -OCH3 is 3. The van der Waals surface area contributed by atoms with Crippen LogP contribution in [0.4, 0.5) is 0 Å². The van der Waals surface area contributed by atoms with E-state index in [0.717, 1.165) is 0 Å². The molecule has 0 fully saturated rings. The van der Waals surface area contributed by atoms with Crippen LogP contribution in [0, 0.1) is 0 Å². The second-order valence-electron chi connectivity index (χ2n) is 5.31. The molecule has 2 rings (SSSR count). The SMILES string of the molecule is COc1cc(OC)cc(C(=O)NCCNC(=O)c2ccccc2OC)c1. The zero-order valence-corrected chi connectivity index (χ0v) is 15.0. The van der Waals surface area contributed by atoms with Gasteiger partial charge in [-0.2, -0.15) is 0 Å². The lowest BCUT2D eigenvalue weighted by molar-refractivity contribution is 0.0925. The molecule has 138 valence electrons. The molecule has 0 spiro atoms. The van der Waals surface area contributed by atoms with E-state index in [9.17, 15) is 9.59 Å². The lowest BCUT2D eigenvalue weighted by Crippen LogP contribution is -2.34. The smallest absolute Gasteiger partial charge is 0.255 e. The van der Waals surface area contributed by atoms with Crippen molar-refractivity contribution in [1.82, 2.24) is 10.6 Å². The van der Waals surface area contributed by atoms with Crippen molar-refractivity contribution >= 4 is 11.8 Å². The number of amides is 2. The highest BCUT2D eigenvalue weighted by Gasteiger charge is 2.12. The van der Waals surface area contributed by atoms with Gasteiger partial charge < -0.3 is 24.8 Å². The first-order valence-corrected chi connectivity index (χ1v) is 8.01. The lowest BCUT2D eigenvalue weighted by Gasteiger charge is -2.11. The van der Waals surface area contributed by atoms with Crippen molar-refractivity contribution in [2.75, 3.05) is 34.4 Å². The number of hydrogen-bond acceptors (Lipinski definition) is 5. The number of rotatable bonds is 8. The topological polar surface area (TPSA) is 85.9 Å². The Balaban J connectivity index is 1.88. The third kappa shape index (κ3) is 4.89. The normalized spacial score (nSPS) is 9.96. The van der Waals surface area contributed by atoms with Gasteiger partial charge in [0.05, 0.1) is 26.9 Å². The first-order valence-electron chi connectivity index (χ1n) is 8.01. The van der Waals surface area contributed by atoms with Gasteiger partial charge in [-0.05, 0) is 24.3 Å². The van der Waals surface area contributed by atoms with Crippen LogP contribution in [0.2, 0.25) is 0 Å². The van der Waals surface area contributed by atoms with Gasteiger partial charge in [0.1, 0.15) is 17.2 Å². The minimum atomic E-state index is -0.284. The first kappa shape index (κ1) is 19.1. The van der Waals surface area contributed by atoms with Crippen molar-refractivity contribution < 1.29 is 23.8 Å². The predicted molar refractivity (Wildman–Crippen MR) is 97.2 cm³/mol. The quantitative estimate of drug-likeness (QED) is 0.704. The number of benzene rings is 2. The molecule has 0 unspecified atom stereocenters. The molecule has 0 saturated carbocycles. The van der Waals surface area contributed by atoms with Crippen molar-refractivity contribution in [2.24, 2.45) is 0 Å². The number of hydrogen-bond donors (Lipinski definition) is 2. The van der Waals surface area contributed by atoms with E-state index in [2.05, 4.69) is 10.6 Å². The van der Waals surface area contributed by atoms with Crippen LogP contribution in [0.3, 0.4) is 0 Å². The summed E-state index contributed by atoms with van der Waals surface area (Å²) < 4.78 is 15.5. The number of carbonyl (C=O) groups excluding carboxylic acids is 2. The van der Waals surface area contributed by atoms with Crippen molar-refractivity contribution in [2.45, 2.75) is 0 Å². The Bertz CT molecular complexity index is 754. The second kappa shape index (κ2) is 9.31. The summed E-state index contributed by atoms with van der Waals surface area (Å²) in [5.41, 5.74) is 0.858. The van der Waals surface area contributed by atoms with Gasteiger partial charge in [0.15, 0.2) is 0 Å². The summed E-state index contributed by atoms with van der Waals surface area (Å²) >= 11 is 0. The Kier molecular flexibility index (Phi) is 6.84. The van der Waals surface area contributed by atoms with Crippen LogP contribution in [-0.4, -0.2) is 46.2 Å². The van der Waals surface area contributed by atoms with Crippen LogP contribution in [0.1, 0.15) is 20.7 Å². The molecule has 7 heteroatoms.